The topological polar surface area (TPSA) is 79.2 Å². The molecule has 0 aliphatic carbocycles. The molecule has 0 radical (unpaired) electrons. The smallest absolute Gasteiger partial charge is 0.264 e. The third-order valence-electron chi connectivity index (χ3n) is 5.92. The Hall–Kier alpha value is -1.67. The first-order chi connectivity index (χ1) is 12.7. The second kappa shape index (κ2) is 7.05. The molecule has 1 aromatic rings. The van der Waals surface area contributed by atoms with Crippen LogP contribution in [0.5, 0.6) is 5.75 Å². The Labute approximate surface area is 161 Å². The maximum absolute atomic E-state index is 13.6. The number of carbonyl (C=O) groups excluding carboxylic acids is 1. The predicted octanol–water partition coefficient (Wildman–Crippen LogP) is 2.41. The number of rotatable bonds is 6. The zero-order valence-electron chi connectivity index (χ0n) is 16.4. The van der Waals surface area contributed by atoms with Crippen LogP contribution in [0.25, 0.3) is 0 Å². The van der Waals surface area contributed by atoms with Gasteiger partial charge in [0, 0.05) is 30.2 Å². The zero-order chi connectivity index (χ0) is 20.0. The lowest BCUT2D eigenvalue weighted by molar-refractivity contribution is -0.146. The Morgan fingerprint density at radius 3 is 2.70 bits per heavy atom. The summed E-state index contributed by atoms with van der Waals surface area (Å²) in [5.74, 6) is 0.288. The van der Waals surface area contributed by atoms with E-state index in [1.807, 2.05) is 38.2 Å². The summed E-state index contributed by atoms with van der Waals surface area (Å²) < 4.78 is 11.8. The van der Waals surface area contributed by atoms with Gasteiger partial charge in [-0.05, 0) is 37.7 Å². The third-order valence-corrected chi connectivity index (χ3v) is 8.42. The highest BCUT2D eigenvalue weighted by Crippen LogP contribution is 2.59. The van der Waals surface area contributed by atoms with Gasteiger partial charge in [0.1, 0.15) is 5.75 Å². The average molecular weight is 392 g/mol. The molecule has 4 atom stereocenters. The van der Waals surface area contributed by atoms with E-state index in [1.54, 1.807) is 18.1 Å². The number of methoxy groups -OCH3 is 1. The molecule has 7 heteroatoms. The van der Waals surface area contributed by atoms with Gasteiger partial charge in [0.15, 0.2) is 13.9 Å². The highest BCUT2D eigenvalue weighted by molar-refractivity contribution is 6.71. The van der Waals surface area contributed by atoms with E-state index in [0.717, 1.165) is 11.3 Å². The van der Waals surface area contributed by atoms with Crippen LogP contribution in [0.2, 0.25) is 18.6 Å². The van der Waals surface area contributed by atoms with Crippen LogP contribution in [0.3, 0.4) is 0 Å². The van der Waals surface area contributed by atoms with E-state index in [9.17, 15) is 14.7 Å². The highest BCUT2D eigenvalue weighted by atomic mass is 28.4. The van der Waals surface area contributed by atoms with Crippen LogP contribution in [-0.2, 0) is 15.1 Å². The van der Waals surface area contributed by atoms with E-state index in [1.165, 1.54) is 0 Å². The minimum atomic E-state index is -2.65. The van der Waals surface area contributed by atoms with E-state index >= 15 is 0 Å². The van der Waals surface area contributed by atoms with Gasteiger partial charge in [-0.1, -0.05) is 13.0 Å². The van der Waals surface area contributed by atoms with Gasteiger partial charge in [-0.3, -0.25) is 4.79 Å². The maximum Gasteiger partial charge on any atom is 0.264 e. The summed E-state index contributed by atoms with van der Waals surface area (Å²) in [6.07, 6.45) is 1.71. The van der Waals surface area contributed by atoms with Crippen molar-refractivity contribution in [1.82, 2.24) is 0 Å². The quantitative estimate of drug-likeness (QED) is 0.575. The van der Waals surface area contributed by atoms with Crippen molar-refractivity contribution in [2.75, 3.05) is 25.2 Å². The molecular weight excluding hydrogens is 362 g/mol. The van der Waals surface area contributed by atoms with Gasteiger partial charge in [-0.15, -0.1) is 6.58 Å². The first-order valence-electron chi connectivity index (χ1n) is 9.34. The number of ether oxygens (including phenoxy) is 2. The SMILES string of the molecule is C=CCN1C(=O)[C@@]2(O[C@@H](CCO)[C@H]([Si](C)(C)O)[C@H]2C)c2cc(OC)ccc21. The number of hydrogen-bond acceptors (Lipinski definition) is 5. The number of fused-ring (bicyclic) bond motifs is 2. The molecular formula is C20H29NO5Si. The molecule has 0 unspecified atom stereocenters. The van der Waals surface area contributed by atoms with E-state index in [2.05, 4.69) is 6.58 Å². The number of amides is 1. The van der Waals surface area contributed by atoms with Gasteiger partial charge in [0.2, 0.25) is 0 Å². The molecule has 2 aliphatic heterocycles. The van der Waals surface area contributed by atoms with Gasteiger partial charge in [0.25, 0.3) is 5.91 Å². The number of carbonyl (C=O) groups is 1. The Morgan fingerprint density at radius 2 is 2.15 bits per heavy atom. The van der Waals surface area contributed by atoms with Crippen molar-refractivity contribution in [1.29, 1.82) is 0 Å². The van der Waals surface area contributed by atoms with Crippen LogP contribution in [0.4, 0.5) is 5.69 Å². The molecule has 1 aromatic carbocycles. The monoisotopic (exact) mass is 391 g/mol. The number of nitrogens with zero attached hydrogens (tertiary/aromatic N) is 1. The summed E-state index contributed by atoms with van der Waals surface area (Å²) >= 11 is 0. The molecule has 1 amide bonds. The summed E-state index contributed by atoms with van der Waals surface area (Å²) in [6.45, 7) is 9.82. The Morgan fingerprint density at radius 1 is 1.44 bits per heavy atom. The fraction of sp³-hybridized carbons (Fsp3) is 0.550. The fourth-order valence-corrected chi connectivity index (χ4v) is 7.49. The van der Waals surface area contributed by atoms with Crippen molar-refractivity contribution in [2.24, 2.45) is 5.92 Å². The molecule has 0 aromatic heterocycles. The van der Waals surface area contributed by atoms with Gasteiger partial charge in [-0.25, -0.2) is 0 Å². The summed E-state index contributed by atoms with van der Waals surface area (Å²) in [5, 5.41) is 9.53. The zero-order valence-corrected chi connectivity index (χ0v) is 17.4. The first-order valence-corrected chi connectivity index (χ1v) is 12.4. The fourth-order valence-electron chi connectivity index (χ4n) is 4.89. The van der Waals surface area contributed by atoms with E-state index in [4.69, 9.17) is 9.47 Å². The van der Waals surface area contributed by atoms with E-state index < -0.39 is 13.9 Å². The van der Waals surface area contributed by atoms with Crippen LogP contribution in [0.1, 0.15) is 18.9 Å². The summed E-state index contributed by atoms with van der Waals surface area (Å²) in [7, 11) is -1.06. The number of benzene rings is 1. The summed E-state index contributed by atoms with van der Waals surface area (Å²) in [5.41, 5.74) is 0.208. The van der Waals surface area contributed by atoms with Gasteiger partial charge in [0.05, 0.1) is 18.9 Å². The van der Waals surface area contributed by atoms with Crippen molar-refractivity contribution in [3.63, 3.8) is 0 Å². The molecule has 27 heavy (non-hydrogen) atoms. The van der Waals surface area contributed by atoms with Gasteiger partial charge in [-0.2, -0.15) is 0 Å². The number of aliphatic hydroxyl groups excluding tert-OH is 1. The average Bonchev–Trinajstić information content (AvgIpc) is 3.03. The molecule has 1 fully saturated rings. The Balaban J connectivity index is 2.19. The van der Waals surface area contributed by atoms with Gasteiger partial charge >= 0.3 is 0 Å². The first kappa shape index (κ1) is 20.1. The van der Waals surface area contributed by atoms with E-state index in [-0.39, 0.29) is 30.1 Å². The standard InChI is InChI=1S/C20H29NO5Si/c1-6-10-21-16-8-7-14(25-3)12-15(16)20(19(21)23)13(2)18(27(4,5)24)17(26-20)9-11-22/h6-8,12-13,17-18,22,24H,1,9-11H2,2-5H3/t13-,17+,18-,20+/m1/s1. The molecule has 2 aliphatic rings. The van der Waals surface area contributed by atoms with Crippen molar-refractivity contribution in [3.05, 3.63) is 36.4 Å². The van der Waals surface area contributed by atoms with Crippen molar-refractivity contribution in [3.8, 4) is 5.75 Å². The molecule has 2 heterocycles. The van der Waals surface area contributed by atoms with Crippen LogP contribution in [0.15, 0.2) is 30.9 Å². The highest BCUT2D eigenvalue weighted by Gasteiger charge is 2.66. The lowest BCUT2D eigenvalue weighted by Crippen LogP contribution is -2.46. The normalized spacial score (nSPS) is 30.1. The minimum absolute atomic E-state index is 0.0516. The number of aliphatic hydroxyl groups is 1. The number of anilines is 1. The Kier molecular flexibility index (Phi) is 5.24. The second-order valence-electron chi connectivity index (χ2n) is 7.96. The predicted molar refractivity (Wildman–Crippen MR) is 106 cm³/mol. The van der Waals surface area contributed by atoms with Crippen LogP contribution >= 0.6 is 0 Å². The van der Waals surface area contributed by atoms with E-state index in [0.29, 0.717) is 18.7 Å². The third kappa shape index (κ3) is 2.93. The Bertz CT molecular complexity index is 746. The minimum Gasteiger partial charge on any atom is -0.497 e. The number of hydrogen-bond donors (Lipinski definition) is 2. The molecule has 3 rings (SSSR count). The summed E-state index contributed by atoms with van der Waals surface area (Å²) in [6, 6.07) is 5.56. The molecule has 148 valence electrons. The molecule has 1 saturated heterocycles. The lowest BCUT2D eigenvalue weighted by atomic mass is 9.82. The van der Waals surface area contributed by atoms with Crippen LogP contribution in [0, 0.1) is 5.92 Å². The van der Waals surface area contributed by atoms with Gasteiger partial charge < -0.3 is 24.3 Å². The maximum atomic E-state index is 13.6. The molecule has 0 saturated carbocycles. The molecule has 2 N–H and O–H groups in total. The van der Waals surface area contributed by atoms with Crippen molar-refractivity contribution < 1.29 is 24.2 Å². The van der Waals surface area contributed by atoms with Crippen LogP contribution < -0.4 is 9.64 Å². The van der Waals surface area contributed by atoms with Crippen molar-refractivity contribution >= 4 is 19.9 Å². The second-order valence-corrected chi connectivity index (χ2v) is 11.9. The molecule has 6 nitrogen and oxygen atoms in total. The van der Waals surface area contributed by atoms with Crippen molar-refractivity contribution in [2.45, 2.75) is 43.7 Å². The summed E-state index contributed by atoms with van der Waals surface area (Å²) in [4.78, 5) is 26.2. The lowest BCUT2D eigenvalue weighted by Gasteiger charge is -2.32. The largest absolute Gasteiger partial charge is 0.497 e. The van der Waals surface area contributed by atoms with Crippen LogP contribution in [-0.4, -0.2) is 50.5 Å². The molecule has 1 spiro atoms. The molecule has 0 bridgehead atoms.